The molecule has 3 rings (SSSR count). The maximum absolute atomic E-state index is 6.24. The van der Waals surface area contributed by atoms with E-state index < -0.39 is 0 Å². The van der Waals surface area contributed by atoms with E-state index in [-0.39, 0.29) is 6.61 Å². The Hall–Kier alpha value is -1.92. The first-order chi connectivity index (χ1) is 15.0. The minimum Gasteiger partial charge on any atom is -0.497 e. The van der Waals surface area contributed by atoms with Crippen molar-refractivity contribution in [3.63, 3.8) is 0 Å². The maximum Gasteiger partial charge on any atom is 0.175 e. The van der Waals surface area contributed by atoms with E-state index in [4.69, 9.17) is 37.4 Å². The second-order valence-corrected chi connectivity index (χ2v) is 8.54. The fraction of sp³-hybridized carbons (Fsp3) is 0.250. The summed E-state index contributed by atoms with van der Waals surface area (Å²) in [5, 5.41) is 4.61. The van der Waals surface area contributed by atoms with Crippen LogP contribution in [0.5, 0.6) is 17.2 Å². The summed E-state index contributed by atoms with van der Waals surface area (Å²) in [6.45, 7) is 1.81. The third-order valence-electron chi connectivity index (χ3n) is 4.79. The highest BCUT2D eigenvalue weighted by Crippen LogP contribution is 2.38. The fourth-order valence-corrected chi connectivity index (χ4v) is 4.20. The van der Waals surface area contributed by atoms with E-state index in [0.29, 0.717) is 28.1 Å². The molecule has 3 aromatic rings. The number of nitrogens with one attached hydrogen (secondary N) is 1. The summed E-state index contributed by atoms with van der Waals surface area (Å²) < 4.78 is 17.5. The van der Waals surface area contributed by atoms with E-state index in [9.17, 15) is 0 Å². The molecule has 3 aromatic carbocycles. The van der Waals surface area contributed by atoms with Crippen molar-refractivity contribution in [1.29, 1.82) is 0 Å². The van der Waals surface area contributed by atoms with Crippen LogP contribution in [-0.2, 0) is 19.6 Å². The van der Waals surface area contributed by atoms with Gasteiger partial charge in [-0.3, -0.25) is 0 Å². The largest absolute Gasteiger partial charge is 0.497 e. The summed E-state index contributed by atoms with van der Waals surface area (Å²) in [6.07, 6.45) is 0.933. The molecule has 0 aliphatic heterocycles. The molecule has 0 saturated heterocycles. The Bertz CT molecular complexity index is 992. The van der Waals surface area contributed by atoms with Gasteiger partial charge in [0.15, 0.2) is 11.5 Å². The van der Waals surface area contributed by atoms with Crippen molar-refractivity contribution in [2.24, 2.45) is 0 Å². The van der Waals surface area contributed by atoms with Crippen molar-refractivity contribution in [3.8, 4) is 17.2 Å². The molecule has 0 saturated carbocycles. The minimum atomic E-state index is 0.243. The molecular formula is C24H24BrCl2NO3. The molecule has 0 atom stereocenters. The number of halogens is 3. The monoisotopic (exact) mass is 523 g/mol. The lowest BCUT2D eigenvalue weighted by atomic mass is 10.1. The van der Waals surface area contributed by atoms with Gasteiger partial charge in [-0.1, -0.05) is 41.4 Å². The van der Waals surface area contributed by atoms with Crippen LogP contribution in [0.3, 0.4) is 0 Å². The summed E-state index contributed by atoms with van der Waals surface area (Å²) >= 11 is 16.1. The van der Waals surface area contributed by atoms with E-state index in [1.807, 2.05) is 24.3 Å². The summed E-state index contributed by atoms with van der Waals surface area (Å²) in [5.74, 6) is 2.12. The van der Waals surface area contributed by atoms with Crippen molar-refractivity contribution < 1.29 is 14.2 Å². The predicted molar refractivity (Wildman–Crippen MR) is 130 cm³/mol. The second kappa shape index (κ2) is 11.6. The van der Waals surface area contributed by atoms with Gasteiger partial charge in [-0.15, -0.1) is 0 Å². The smallest absolute Gasteiger partial charge is 0.175 e. The van der Waals surface area contributed by atoms with Crippen LogP contribution in [-0.4, -0.2) is 20.8 Å². The first-order valence-corrected chi connectivity index (χ1v) is 11.3. The molecule has 0 unspecified atom stereocenters. The number of hydrogen-bond acceptors (Lipinski definition) is 4. The Labute approximate surface area is 201 Å². The molecule has 164 valence electrons. The van der Waals surface area contributed by atoms with Gasteiger partial charge < -0.3 is 19.5 Å². The lowest BCUT2D eigenvalue weighted by Gasteiger charge is -2.16. The first-order valence-electron chi connectivity index (χ1n) is 9.77. The van der Waals surface area contributed by atoms with Gasteiger partial charge in [0.2, 0.25) is 0 Å². The standard InChI is InChI=1S/C24H24BrCl2NO3/c1-29-18-8-6-16(7-9-18)10-11-28-14-17-12-20(25)24(23(13-17)30-2)31-15-19-21(26)4-3-5-22(19)27/h3-9,12-13,28H,10-11,14-15H2,1-2H3. The number of hydrogen-bond donors (Lipinski definition) is 1. The molecule has 1 N–H and O–H groups in total. The average molecular weight is 525 g/mol. The van der Waals surface area contributed by atoms with Gasteiger partial charge in [0.25, 0.3) is 0 Å². The Morgan fingerprint density at radius 1 is 0.903 bits per heavy atom. The molecule has 0 aliphatic carbocycles. The lowest BCUT2D eigenvalue weighted by Crippen LogP contribution is -2.16. The predicted octanol–water partition coefficient (Wildman–Crippen LogP) is 6.68. The molecule has 31 heavy (non-hydrogen) atoms. The molecule has 0 radical (unpaired) electrons. The zero-order chi connectivity index (χ0) is 22.2. The van der Waals surface area contributed by atoms with Crippen LogP contribution >= 0.6 is 39.1 Å². The zero-order valence-electron chi connectivity index (χ0n) is 17.4. The van der Waals surface area contributed by atoms with Gasteiger partial charge in [-0.2, -0.15) is 0 Å². The highest BCUT2D eigenvalue weighted by molar-refractivity contribution is 9.10. The Morgan fingerprint density at radius 3 is 2.26 bits per heavy atom. The molecule has 0 fully saturated rings. The van der Waals surface area contributed by atoms with Gasteiger partial charge >= 0.3 is 0 Å². The van der Waals surface area contributed by atoms with Crippen molar-refractivity contribution in [3.05, 3.63) is 85.8 Å². The fourth-order valence-electron chi connectivity index (χ4n) is 3.09. The second-order valence-electron chi connectivity index (χ2n) is 6.87. The van der Waals surface area contributed by atoms with Gasteiger partial charge in [0, 0.05) is 22.2 Å². The summed E-state index contributed by atoms with van der Waals surface area (Å²) in [5.41, 5.74) is 3.08. The van der Waals surface area contributed by atoms with Crippen molar-refractivity contribution in [1.82, 2.24) is 5.32 Å². The molecule has 0 bridgehead atoms. The van der Waals surface area contributed by atoms with Gasteiger partial charge in [-0.25, -0.2) is 0 Å². The molecule has 7 heteroatoms. The van der Waals surface area contributed by atoms with E-state index in [0.717, 1.165) is 34.3 Å². The minimum absolute atomic E-state index is 0.243. The summed E-state index contributed by atoms with van der Waals surface area (Å²) in [4.78, 5) is 0. The Balaban J connectivity index is 1.59. The molecule has 0 aromatic heterocycles. The molecule has 0 heterocycles. The van der Waals surface area contributed by atoms with Crippen LogP contribution in [0.25, 0.3) is 0 Å². The van der Waals surface area contributed by atoms with E-state index >= 15 is 0 Å². The van der Waals surface area contributed by atoms with E-state index in [1.165, 1.54) is 5.56 Å². The van der Waals surface area contributed by atoms with E-state index in [2.05, 4.69) is 33.4 Å². The molecule has 0 amide bonds. The summed E-state index contributed by atoms with van der Waals surface area (Å²) in [6, 6.07) is 17.5. The quantitative estimate of drug-likeness (QED) is 0.300. The Morgan fingerprint density at radius 2 is 1.61 bits per heavy atom. The van der Waals surface area contributed by atoms with Crippen molar-refractivity contribution >= 4 is 39.1 Å². The van der Waals surface area contributed by atoms with E-state index in [1.54, 1.807) is 32.4 Å². The number of rotatable bonds is 10. The Kier molecular flexibility index (Phi) is 8.90. The number of ether oxygens (including phenoxy) is 3. The molecular weight excluding hydrogens is 501 g/mol. The van der Waals surface area contributed by atoms with Gasteiger partial charge in [-0.05, 0) is 76.4 Å². The maximum atomic E-state index is 6.24. The average Bonchev–Trinajstić information content (AvgIpc) is 2.77. The van der Waals surface area contributed by atoms with Crippen LogP contribution in [0.15, 0.2) is 59.1 Å². The van der Waals surface area contributed by atoms with Crippen LogP contribution in [0, 0.1) is 0 Å². The topological polar surface area (TPSA) is 39.7 Å². The van der Waals surface area contributed by atoms with Crippen LogP contribution in [0.2, 0.25) is 10.0 Å². The van der Waals surface area contributed by atoms with Crippen LogP contribution in [0.1, 0.15) is 16.7 Å². The first kappa shape index (κ1) is 23.7. The van der Waals surface area contributed by atoms with Crippen molar-refractivity contribution in [2.45, 2.75) is 19.6 Å². The molecule has 4 nitrogen and oxygen atoms in total. The molecule has 0 aliphatic rings. The highest BCUT2D eigenvalue weighted by Gasteiger charge is 2.14. The van der Waals surface area contributed by atoms with Crippen LogP contribution < -0.4 is 19.5 Å². The zero-order valence-corrected chi connectivity index (χ0v) is 20.5. The van der Waals surface area contributed by atoms with Crippen molar-refractivity contribution in [2.75, 3.05) is 20.8 Å². The van der Waals surface area contributed by atoms with Crippen LogP contribution in [0.4, 0.5) is 0 Å². The number of benzene rings is 3. The third kappa shape index (κ3) is 6.53. The SMILES string of the molecule is COc1ccc(CCNCc2cc(Br)c(OCc3c(Cl)cccc3Cl)c(OC)c2)cc1. The third-order valence-corrected chi connectivity index (χ3v) is 6.09. The van der Waals surface area contributed by atoms with Gasteiger partial charge in [0.05, 0.1) is 18.7 Å². The highest BCUT2D eigenvalue weighted by atomic mass is 79.9. The number of methoxy groups -OCH3 is 2. The lowest BCUT2D eigenvalue weighted by molar-refractivity contribution is 0.282. The normalized spacial score (nSPS) is 10.7. The molecule has 0 spiro atoms. The van der Waals surface area contributed by atoms with Gasteiger partial charge in [0.1, 0.15) is 12.4 Å². The summed E-state index contributed by atoms with van der Waals surface area (Å²) in [7, 11) is 3.29.